The Labute approximate surface area is 217 Å². The maximum Gasteiger partial charge on any atom is 0.222 e. The fourth-order valence-electron chi connectivity index (χ4n) is 2.68. The molecule has 0 aromatic heterocycles. The SMILES string of the molecule is CCCOCCC(=O)NCCCNC(=O)CC/C(N)=C/NCCOCCOCCOCCOC(C)C. The first-order valence-corrected chi connectivity index (χ1v) is 13.1. The molecule has 36 heavy (non-hydrogen) atoms. The van der Waals surface area contributed by atoms with E-state index in [2.05, 4.69) is 16.0 Å². The van der Waals surface area contributed by atoms with E-state index < -0.39 is 0 Å². The van der Waals surface area contributed by atoms with Crippen LogP contribution in [-0.2, 0) is 33.3 Å². The predicted molar refractivity (Wildman–Crippen MR) is 139 cm³/mol. The minimum atomic E-state index is -0.0664. The minimum absolute atomic E-state index is 0.0359. The number of hydrogen-bond donors (Lipinski definition) is 4. The van der Waals surface area contributed by atoms with Crippen LogP contribution in [0.2, 0.25) is 0 Å². The van der Waals surface area contributed by atoms with Crippen molar-refractivity contribution in [2.45, 2.75) is 59.0 Å². The highest BCUT2D eigenvalue weighted by molar-refractivity contribution is 5.76. The number of allylic oxidation sites excluding steroid dienone is 1. The van der Waals surface area contributed by atoms with E-state index in [4.69, 9.17) is 29.4 Å². The Morgan fingerprint density at radius 3 is 1.89 bits per heavy atom. The number of carbonyl (C=O) groups excluding carboxylic acids is 2. The Bertz CT molecular complexity index is 563. The number of ether oxygens (including phenoxy) is 5. The molecule has 0 atom stereocenters. The van der Waals surface area contributed by atoms with Crippen molar-refractivity contribution in [1.29, 1.82) is 0 Å². The average Bonchev–Trinajstić information content (AvgIpc) is 2.85. The summed E-state index contributed by atoms with van der Waals surface area (Å²) < 4.78 is 27.0. The molecule has 0 aliphatic heterocycles. The highest BCUT2D eigenvalue weighted by Crippen LogP contribution is 1.97. The van der Waals surface area contributed by atoms with Gasteiger partial charge in [-0.25, -0.2) is 0 Å². The van der Waals surface area contributed by atoms with Crippen molar-refractivity contribution in [3.63, 3.8) is 0 Å². The van der Waals surface area contributed by atoms with E-state index in [1.54, 1.807) is 6.20 Å². The summed E-state index contributed by atoms with van der Waals surface area (Å²) in [4.78, 5) is 23.5. The van der Waals surface area contributed by atoms with Crippen LogP contribution in [0, 0.1) is 0 Å². The number of nitrogens with two attached hydrogens (primary N) is 1. The fourth-order valence-corrected chi connectivity index (χ4v) is 2.68. The molecule has 0 spiro atoms. The second-order valence-electron chi connectivity index (χ2n) is 8.35. The lowest BCUT2D eigenvalue weighted by molar-refractivity contribution is -0.122. The molecule has 0 saturated carbocycles. The summed E-state index contributed by atoms with van der Waals surface area (Å²) >= 11 is 0. The zero-order valence-electron chi connectivity index (χ0n) is 22.6. The highest BCUT2D eigenvalue weighted by atomic mass is 16.6. The standard InChI is InChI=1S/C25H50N4O7/c1-4-12-32-13-8-25(31)29-10-5-9-28-24(30)7-6-23(26)21-27-11-14-33-15-16-34-17-18-35-19-20-36-22(2)3/h21-22,27H,4-20,26H2,1-3H3,(H,28,30)(H,29,31)/b23-21-. The zero-order valence-corrected chi connectivity index (χ0v) is 22.6. The Balaban J connectivity index is 3.45. The molecule has 0 bridgehead atoms. The summed E-state index contributed by atoms with van der Waals surface area (Å²) in [5, 5.41) is 8.71. The first kappa shape index (κ1) is 34.1. The molecule has 2 amide bonds. The summed E-state index contributed by atoms with van der Waals surface area (Å²) in [6.45, 7) is 12.6. The average molecular weight is 519 g/mol. The van der Waals surface area contributed by atoms with Gasteiger partial charge in [0.15, 0.2) is 0 Å². The lowest BCUT2D eigenvalue weighted by atomic mass is 10.2. The Hall–Kier alpha value is -1.92. The maximum atomic E-state index is 11.9. The normalized spacial score (nSPS) is 11.6. The van der Waals surface area contributed by atoms with Gasteiger partial charge in [0.25, 0.3) is 0 Å². The van der Waals surface area contributed by atoms with E-state index in [0.717, 1.165) is 6.42 Å². The van der Waals surface area contributed by atoms with Gasteiger partial charge in [-0.3, -0.25) is 9.59 Å². The molecule has 0 aliphatic carbocycles. The number of amides is 2. The van der Waals surface area contributed by atoms with E-state index in [-0.39, 0.29) is 17.9 Å². The molecule has 0 saturated heterocycles. The summed E-state index contributed by atoms with van der Waals surface area (Å²) in [7, 11) is 0. The summed E-state index contributed by atoms with van der Waals surface area (Å²) in [6, 6.07) is 0. The maximum absolute atomic E-state index is 11.9. The minimum Gasteiger partial charge on any atom is -0.401 e. The van der Waals surface area contributed by atoms with Gasteiger partial charge in [-0.2, -0.15) is 0 Å². The van der Waals surface area contributed by atoms with E-state index in [1.165, 1.54) is 0 Å². The zero-order chi connectivity index (χ0) is 26.7. The first-order chi connectivity index (χ1) is 17.5. The molecule has 0 fully saturated rings. The van der Waals surface area contributed by atoms with Crippen molar-refractivity contribution in [3.05, 3.63) is 11.9 Å². The third-order valence-corrected chi connectivity index (χ3v) is 4.56. The van der Waals surface area contributed by atoms with Crippen molar-refractivity contribution >= 4 is 11.8 Å². The van der Waals surface area contributed by atoms with Gasteiger partial charge >= 0.3 is 0 Å². The van der Waals surface area contributed by atoms with Gasteiger partial charge in [-0.15, -0.1) is 0 Å². The van der Waals surface area contributed by atoms with Crippen LogP contribution >= 0.6 is 0 Å². The number of hydrogen-bond acceptors (Lipinski definition) is 9. The van der Waals surface area contributed by atoms with Crippen molar-refractivity contribution < 1.29 is 33.3 Å². The van der Waals surface area contributed by atoms with E-state index in [0.29, 0.717) is 110 Å². The molecular weight excluding hydrogens is 468 g/mol. The molecule has 11 nitrogen and oxygen atoms in total. The van der Waals surface area contributed by atoms with E-state index in [1.807, 2.05) is 20.8 Å². The monoisotopic (exact) mass is 518 g/mol. The van der Waals surface area contributed by atoms with Crippen molar-refractivity contribution in [3.8, 4) is 0 Å². The molecule has 0 heterocycles. The van der Waals surface area contributed by atoms with E-state index in [9.17, 15) is 9.59 Å². The van der Waals surface area contributed by atoms with Crippen LogP contribution in [0.4, 0.5) is 0 Å². The second-order valence-corrected chi connectivity index (χ2v) is 8.35. The second kappa shape index (κ2) is 26.2. The molecule has 0 unspecified atom stereocenters. The van der Waals surface area contributed by atoms with Gasteiger partial charge in [0.05, 0.1) is 59.0 Å². The van der Waals surface area contributed by atoms with Crippen LogP contribution in [-0.4, -0.2) is 97.0 Å². The van der Waals surface area contributed by atoms with Crippen LogP contribution in [0.1, 0.15) is 52.9 Å². The molecule has 0 aromatic carbocycles. The molecule has 0 radical (unpaired) electrons. The number of rotatable bonds is 26. The summed E-state index contributed by atoms with van der Waals surface area (Å²) in [5.74, 6) is -0.102. The van der Waals surface area contributed by atoms with Gasteiger partial charge in [0, 0.05) is 51.0 Å². The van der Waals surface area contributed by atoms with Crippen LogP contribution < -0.4 is 21.7 Å². The van der Waals surface area contributed by atoms with Gasteiger partial charge in [0.1, 0.15) is 0 Å². The molecule has 0 rings (SSSR count). The Kier molecular flexibility index (Phi) is 24.8. The lowest BCUT2D eigenvalue weighted by Gasteiger charge is -2.09. The van der Waals surface area contributed by atoms with Gasteiger partial charge < -0.3 is 45.4 Å². The highest BCUT2D eigenvalue weighted by Gasteiger charge is 2.03. The fraction of sp³-hybridized carbons (Fsp3) is 0.840. The van der Waals surface area contributed by atoms with Crippen LogP contribution in [0.5, 0.6) is 0 Å². The van der Waals surface area contributed by atoms with Gasteiger partial charge in [0.2, 0.25) is 11.8 Å². The molecule has 11 heteroatoms. The molecule has 5 N–H and O–H groups in total. The third-order valence-electron chi connectivity index (χ3n) is 4.56. The third kappa shape index (κ3) is 26.7. The van der Waals surface area contributed by atoms with Gasteiger partial charge in [-0.1, -0.05) is 6.92 Å². The first-order valence-electron chi connectivity index (χ1n) is 13.1. The molecule has 212 valence electrons. The Morgan fingerprint density at radius 1 is 0.722 bits per heavy atom. The van der Waals surface area contributed by atoms with E-state index >= 15 is 0 Å². The predicted octanol–water partition coefficient (Wildman–Crippen LogP) is 1.07. The lowest BCUT2D eigenvalue weighted by Crippen LogP contribution is -2.30. The van der Waals surface area contributed by atoms with Crippen molar-refractivity contribution in [2.24, 2.45) is 5.73 Å². The molecule has 0 aromatic rings. The van der Waals surface area contributed by atoms with Crippen molar-refractivity contribution in [1.82, 2.24) is 16.0 Å². The molecular formula is C25H50N4O7. The summed E-state index contributed by atoms with van der Waals surface area (Å²) in [6.07, 6.45) is 4.68. The largest absolute Gasteiger partial charge is 0.401 e. The molecule has 0 aliphatic rings. The van der Waals surface area contributed by atoms with Gasteiger partial charge in [-0.05, 0) is 33.1 Å². The topological polar surface area (TPSA) is 142 Å². The number of carbonyl (C=O) groups is 2. The summed E-state index contributed by atoms with van der Waals surface area (Å²) in [5.41, 5.74) is 6.53. The Morgan fingerprint density at radius 2 is 1.28 bits per heavy atom. The van der Waals surface area contributed by atoms with Crippen LogP contribution in [0.15, 0.2) is 11.9 Å². The van der Waals surface area contributed by atoms with Crippen LogP contribution in [0.3, 0.4) is 0 Å². The quantitative estimate of drug-likeness (QED) is 0.124. The smallest absolute Gasteiger partial charge is 0.222 e. The number of nitrogens with one attached hydrogen (secondary N) is 3. The van der Waals surface area contributed by atoms with Crippen molar-refractivity contribution in [2.75, 3.05) is 79.1 Å². The van der Waals surface area contributed by atoms with Crippen LogP contribution in [0.25, 0.3) is 0 Å².